The molecule has 0 bridgehead atoms. The summed E-state index contributed by atoms with van der Waals surface area (Å²) in [6, 6.07) is -0.919. The van der Waals surface area contributed by atoms with Crippen molar-refractivity contribution in [1.29, 1.82) is 0 Å². The number of unbranched alkanes of at least 4 members (excludes halogenated alkanes) is 36. The maximum absolute atomic E-state index is 13.5. The van der Waals surface area contributed by atoms with Gasteiger partial charge in [0.1, 0.15) is 19.3 Å². The molecule has 1 N–H and O–H groups in total. The van der Waals surface area contributed by atoms with E-state index in [2.05, 4.69) is 86.8 Å². The standard InChI is InChI=1S/C71H131N2O7P/c1-7-10-13-16-19-22-25-28-30-32-33-34-35-36-37-38-39-41-43-46-49-52-55-58-61-64-71(75)80-69(62-59-56-53-50-47-44-27-24-21-18-15-12-9-3)68(67-79-81(76,77)78-66-65-73(4,5)6)72-70(74)63-60-57-54-51-48-45-42-40-31-29-26-23-20-17-14-11-8-2/h11,14,20,23,29,31,42,45,51,54,59,62,68-69H,7-10,12-13,15-19,21-22,24-28,30,32-41,43-44,46-50,52-53,55-58,60-61,63-67H2,1-6H3,(H-,72,74,76,77)/b14-11-,23-20-,31-29-,45-42-,54-51-,62-59-. The molecule has 0 aromatic heterocycles. The Hall–Kier alpha value is -2.55. The second-order valence-electron chi connectivity index (χ2n) is 24.3. The third kappa shape index (κ3) is 61.8. The molecule has 81 heavy (non-hydrogen) atoms. The Bertz CT molecular complexity index is 1620. The minimum absolute atomic E-state index is 0.0337. The fourth-order valence-corrected chi connectivity index (χ4v) is 10.6. The molecule has 0 rings (SSSR count). The van der Waals surface area contributed by atoms with E-state index in [0.29, 0.717) is 17.4 Å². The van der Waals surface area contributed by atoms with Crippen molar-refractivity contribution in [3.05, 3.63) is 72.9 Å². The summed E-state index contributed by atoms with van der Waals surface area (Å²) in [6.07, 6.45) is 79.0. The van der Waals surface area contributed by atoms with E-state index in [9.17, 15) is 19.0 Å². The van der Waals surface area contributed by atoms with Crippen molar-refractivity contribution in [3.8, 4) is 0 Å². The number of rotatable bonds is 62. The molecule has 0 radical (unpaired) electrons. The van der Waals surface area contributed by atoms with E-state index in [1.165, 1.54) is 199 Å². The predicted octanol–water partition coefficient (Wildman–Crippen LogP) is 20.9. The number of hydrogen-bond acceptors (Lipinski definition) is 7. The van der Waals surface area contributed by atoms with Crippen molar-refractivity contribution < 1.29 is 37.3 Å². The lowest BCUT2D eigenvalue weighted by atomic mass is 10.0. The number of phosphoric acid groups is 1. The summed E-state index contributed by atoms with van der Waals surface area (Å²) in [5.41, 5.74) is 0. The number of amides is 1. The summed E-state index contributed by atoms with van der Waals surface area (Å²) in [5.74, 6) is -0.599. The van der Waals surface area contributed by atoms with E-state index in [-0.39, 0.29) is 31.3 Å². The van der Waals surface area contributed by atoms with E-state index < -0.39 is 26.6 Å². The molecule has 0 saturated heterocycles. The zero-order valence-electron chi connectivity index (χ0n) is 54.0. The summed E-state index contributed by atoms with van der Waals surface area (Å²) >= 11 is 0. The monoisotopic (exact) mass is 1150 g/mol. The molecule has 472 valence electrons. The Labute approximate surface area is 502 Å². The Morgan fingerprint density at radius 3 is 1.20 bits per heavy atom. The van der Waals surface area contributed by atoms with E-state index in [4.69, 9.17) is 13.8 Å². The van der Waals surface area contributed by atoms with Crippen LogP contribution in [-0.2, 0) is 27.9 Å². The van der Waals surface area contributed by atoms with Crippen molar-refractivity contribution >= 4 is 19.7 Å². The molecule has 0 aromatic carbocycles. The molecule has 0 heterocycles. The summed E-state index contributed by atoms with van der Waals surface area (Å²) in [5, 5.41) is 3.00. The van der Waals surface area contributed by atoms with Gasteiger partial charge in [-0.15, -0.1) is 0 Å². The molecular weight excluding hydrogens is 1020 g/mol. The smallest absolute Gasteiger partial charge is 0.306 e. The molecular formula is C71H131N2O7P. The summed E-state index contributed by atoms with van der Waals surface area (Å²) in [6.45, 7) is 6.72. The molecule has 0 fully saturated rings. The number of hydrogen-bond donors (Lipinski definition) is 1. The van der Waals surface area contributed by atoms with Gasteiger partial charge in [0.25, 0.3) is 7.82 Å². The lowest BCUT2D eigenvalue weighted by Crippen LogP contribution is -2.47. The number of allylic oxidation sites excluding steroid dienone is 11. The van der Waals surface area contributed by atoms with Gasteiger partial charge < -0.3 is 28.5 Å². The van der Waals surface area contributed by atoms with Crippen LogP contribution in [0.5, 0.6) is 0 Å². The lowest BCUT2D eigenvalue weighted by molar-refractivity contribution is -0.870. The average molecular weight is 1160 g/mol. The van der Waals surface area contributed by atoms with Crippen molar-refractivity contribution in [1.82, 2.24) is 5.32 Å². The maximum Gasteiger partial charge on any atom is 0.306 e. The molecule has 0 aliphatic carbocycles. The molecule has 3 atom stereocenters. The lowest BCUT2D eigenvalue weighted by Gasteiger charge is -2.30. The van der Waals surface area contributed by atoms with Gasteiger partial charge in [-0.25, -0.2) is 0 Å². The number of carbonyl (C=O) groups excluding carboxylic acids is 2. The topological polar surface area (TPSA) is 114 Å². The van der Waals surface area contributed by atoms with Gasteiger partial charge in [0, 0.05) is 12.8 Å². The van der Waals surface area contributed by atoms with Crippen LogP contribution in [0.2, 0.25) is 0 Å². The van der Waals surface area contributed by atoms with Crippen molar-refractivity contribution in [3.63, 3.8) is 0 Å². The highest BCUT2D eigenvalue weighted by atomic mass is 31.2. The number of nitrogens with one attached hydrogen (secondary N) is 1. The average Bonchev–Trinajstić information content (AvgIpc) is 3.44. The summed E-state index contributed by atoms with van der Waals surface area (Å²) in [4.78, 5) is 40.1. The number of phosphoric ester groups is 1. The van der Waals surface area contributed by atoms with E-state index in [1.807, 2.05) is 33.3 Å². The Kier molecular flexibility index (Phi) is 58.7. The first-order valence-electron chi connectivity index (χ1n) is 34.2. The Morgan fingerprint density at radius 2 is 0.802 bits per heavy atom. The van der Waals surface area contributed by atoms with E-state index in [0.717, 1.165) is 77.0 Å². The summed E-state index contributed by atoms with van der Waals surface area (Å²) < 4.78 is 30.4. The van der Waals surface area contributed by atoms with Gasteiger partial charge in [-0.05, 0) is 70.3 Å². The van der Waals surface area contributed by atoms with Crippen LogP contribution in [0, 0.1) is 0 Å². The molecule has 0 aromatic rings. The minimum atomic E-state index is -4.72. The van der Waals surface area contributed by atoms with Gasteiger partial charge in [-0.1, -0.05) is 306 Å². The normalized spacial score (nSPS) is 14.0. The van der Waals surface area contributed by atoms with Crippen LogP contribution in [0.4, 0.5) is 0 Å². The van der Waals surface area contributed by atoms with Crippen LogP contribution in [-0.4, -0.2) is 69.4 Å². The molecule has 9 nitrogen and oxygen atoms in total. The van der Waals surface area contributed by atoms with Crippen LogP contribution in [0.3, 0.4) is 0 Å². The highest BCUT2D eigenvalue weighted by Gasteiger charge is 2.27. The third-order valence-electron chi connectivity index (χ3n) is 15.2. The molecule has 1 amide bonds. The van der Waals surface area contributed by atoms with E-state index in [1.54, 1.807) is 0 Å². The largest absolute Gasteiger partial charge is 0.756 e. The minimum Gasteiger partial charge on any atom is -0.756 e. The van der Waals surface area contributed by atoms with Crippen molar-refractivity contribution in [2.24, 2.45) is 0 Å². The van der Waals surface area contributed by atoms with Gasteiger partial charge in [0.2, 0.25) is 5.91 Å². The van der Waals surface area contributed by atoms with Crippen LogP contribution in [0.1, 0.15) is 316 Å². The molecule has 10 heteroatoms. The van der Waals surface area contributed by atoms with Crippen LogP contribution < -0.4 is 10.2 Å². The second-order valence-corrected chi connectivity index (χ2v) is 25.7. The fraction of sp³-hybridized carbons (Fsp3) is 0.803. The molecule has 0 aliphatic rings. The number of likely N-dealkylation sites (N-methyl/N-ethyl adjacent to an activating group) is 1. The highest BCUT2D eigenvalue weighted by Crippen LogP contribution is 2.38. The first-order chi connectivity index (χ1) is 39.4. The van der Waals surface area contributed by atoms with E-state index >= 15 is 0 Å². The highest BCUT2D eigenvalue weighted by molar-refractivity contribution is 7.45. The third-order valence-corrected chi connectivity index (χ3v) is 16.1. The van der Waals surface area contributed by atoms with Gasteiger partial charge >= 0.3 is 5.97 Å². The first-order valence-corrected chi connectivity index (χ1v) is 35.7. The van der Waals surface area contributed by atoms with Crippen molar-refractivity contribution in [2.45, 2.75) is 328 Å². The van der Waals surface area contributed by atoms with Gasteiger partial charge in [-0.3, -0.25) is 14.2 Å². The van der Waals surface area contributed by atoms with Gasteiger partial charge in [0.15, 0.2) is 0 Å². The second kappa shape index (κ2) is 60.6. The Balaban J connectivity index is 5.15. The fourth-order valence-electron chi connectivity index (χ4n) is 9.91. The quantitative estimate of drug-likeness (QED) is 0.0212. The number of esters is 1. The molecule has 3 unspecified atom stereocenters. The summed E-state index contributed by atoms with van der Waals surface area (Å²) in [7, 11) is 1.15. The molecule has 0 spiro atoms. The maximum atomic E-state index is 13.5. The number of ether oxygens (including phenoxy) is 1. The van der Waals surface area contributed by atoms with Gasteiger partial charge in [0.05, 0.1) is 33.8 Å². The number of quaternary nitrogens is 1. The zero-order valence-corrected chi connectivity index (χ0v) is 54.9. The van der Waals surface area contributed by atoms with Crippen molar-refractivity contribution in [2.75, 3.05) is 40.9 Å². The number of carbonyl (C=O) groups is 2. The molecule has 0 saturated carbocycles. The van der Waals surface area contributed by atoms with Crippen LogP contribution >= 0.6 is 7.82 Å². The Morgan fingerprint density at radius 1 is 0.444 bits per heavy atom. The molecule has 0 aliphatic heterocycles. The zero-order chi connectivity index (χ0) is 59.3. The SMILES string of the molecule is CC/C=C\C/C=C\C/C=C\C/C=C\C/C=C\CCCC(=O)NC(COP(=O)([O-])OCC[N+](C)(C)C)C(/C=C\CCCCCCCCCCCCC)OC(=O)CCCCCCCCCCCCCCCCCCCCCCCCCCC. The first kappa shape index (κ1) is 78.5. The van der Waals surface area contributed by atoms with Crippen LogP contribution in [0.25, 0.3) is 0 Å². The predicted molar refractivity (Wildman–Crippen MR) is 348 cm³/mol. The van der Waals surface area contributed by atoms with Crippen LogP contribution in [0.15, 0.2) is 72.9 Å². The van der Waals surface area contributed by atoms with Gasteiger partial charge in [-0.2, -0.15) is 0 Å². The number of nitrogens with zero attached hydrogens (tertiary/aromatic N) is 1.